The largest absolute Gasteiger partial charge is 0.440 e. The number of piperidine rings is 1. The predicted octanol–water partition coefficient (Wildman–Crippen LogP) is 4.02. The van der Waals surface area contributed by atoms with Gasteiger partial charge in [0.2, 0.25) is 5.91 Å². The smallest absolute Gasteiger partial charge is 0.254 e. The van der Waals surface area contributed by atoms with Crippen LogP contribution >= 0.6 is 0 Å². The minimum absolute atomic E-state index is 0.0261. The maximum absolute atomic E-state index is 13.6. The van der Waals surface area contributed by atoms with Crippen LogP contribution in [0.1, 0.15) is 47.8 Å². The van der Waals surface area contributed by atoms with E-state index in [2.05, 4.69) is 10.3 Å². The molecule has 1 fully saturated rings. The standard InChI is InChI=1S/C23H23F2N3O3/c24-16-7-8-17(18(25)14-16)22(30)26-11-3-6-21(29)28-12-9-15(10-13-28)23-27-19-4-1-2-5-20(19)31-23/h1-2,4-5,7-8,14-15H,3,6,9-13H2,(H,26,30). The summed E-state index contributed by atoms with van der Waals surface area (Å²) in [4.78, 5) is 30.8. The van der Waals surface area contributed by atoms with Crippen LogP contribution < -0.4 is 5.32 Å². The zero-order chi connectivity index (χ0) is 21.8. The number of nitrogens with zero attached hydrogens (tertiary/aromatic N) is 2. The highest BCUT2D eigenvalue weighted by molar-refractivity contribution is 5.94. The number of hydrogen-bond acceptors (Lipinski definition) is 4. The first-order valence-corrected chi connectivity index (χ1v) is 10.4. The highest BCUT2D eigenvalue weighted by Crippen LogP contribution is 2.30. The third kappa shape index (κ3) is 4.90. The lowest BCUT2D eigenvalue weighted by Gasteiger charge is -2.30. The molecule has 0 radical (unpaired) electrons. The van der Waals surface area contributed by atoms with Crippen LogP contribution in [-0.2, 0) is 4.79 Å². The molecule has 3 aromatic rings. The van der Waals surface area contributed by atoms with Crippen molar-refractivity contribution >= 4 is 22.9 Å². The lowest BCUT2D eigenvalue weighted by molar-refractivity contribution is -0.132. The van der Waals surface area contributed by atoms with Crippen LogP contribution in [0.4, 0.5) is 8.78 Å². The molecule has 2 heterocycles. The third-order valence-corrected chi connectivity index (χ3v) is 5.54. The van der Waals surface area contributed by atoms with E-state index in [1.807, 2.05) is 29.2 Å². The van der Waals surface area contributed by atoms with Crippen LogP contribution in [-0.4, -0.2) is 41.3 Å². The van der Waals surface area contributed by atoms with Crippen molar-refractivity contribution in [2.45, 2.75) is 31.6 Å². The molecule has 0 aliphatic carbocycles. The molecule has 8 heteroatoms. The second-order valence-corrected chi connectivity index (χ2v) is 7.66. The van der Waals surface area contributed by atoms with Gasteiger partial charge in [-0.15, -0.1) is 0 Å². The first kappa shape index (κ1) is 21.0. The number of likely N-dealkylation sites (tertiary alicyclic amines) is 1. The molecule has 4 rings (SSSR count). The fourth-order valence-corrected chi connectivity index (χ4v) is 3.81. The number of carbonyl (C=O) groups is 2. The van der Waals surface area contributed by atoms with E-state index in [-0.39, 0.29) is 23.9 Å². The van der Waals surface area contributed by atoms with E-state index < -0.39 is 17.5 Å². The Morgan fingerprint density at radius 3 is 2.65 bits per heavy atom. The average Bonchev–Trinajstić information content (AvgIpc) is 3.21. The maximum Gasteiger partial charge on any atom is 0.254 e. The second-order valence-electron chi connectivity index (χ2n) is 7.66. The van der Waals surface area contributed by atoms with Gasteiger partial charge in [0, 0.05) is 38.0 Å². The number of oxazole rings is 1. The summed E-state index contributed by atoms with van der Waals surface area (Å²) in [6, 6.07) is 10.5. The Balaban J connectivity index is 1.20. The van der Waals surface area contributed by atoms with Crippen molar-refractivity contribution in [1.82, 2.24) is 15.2 Å². The molecule has 1 aliphatic heterocycles. The van der Waals surface area contributed by atoms with Gasteiger partial charge in [-0.25, -0.2) is 13.8 Å². The number of nitrogens with one attached hydrogen (secondary N) is 1. The van der Waals surface area contributed by atoms with Crippen LogP contribution in [0.2, 0.25) is 0 Å². The van der Waals surface area contributed by atoms with Gasteiger partial charge in [0.15, 0.2) is 11.5 Å². The fraction of sp³-hybridized carbons (Fsp3) is 0.348. The van der Waals surface area contributed by atoms with Crippen LogP contribution in [0.3, 0.4) is 0 Å². The molecule has 0 bridgehead atoms. The van der Waals surface area contributed by atoms with E-state index in [0.29, 0.717) is 32.0 Å². The molecule has 2 aromatic carbocycles. The molecular formula is C23H23F2N3O3. The zero-order valence-electron chi connectivity index (χ0n) is 16.9. The Hall–Kier alpha value is -3.29. The first-order chi connectivity index (χ1) is 15.0. The number of amides is 2. The Kier molecular flexibility index (Phi) is 6.25. The number of para-hydroxylation sites is 2. The maximum atomic E-state index is 13.6. The molecule has 1 aliphatic rings. The number of benzene rings is 2. The number of hydrogen-bond donors (Lipinski definition) is 1. The monoisotopic (exact) mass is 427 g/mol. The van der Waals surface area contributed by atoms with Crippen LogP contribution in [0.15, 0.2) is 46.9 Å². The van der Waals surface area contributed by atoms with Crippen molar-refractivity contribution in [3.8, 4) is 0 Å². The van der Waals surface area contributed by atoms with Gasteiger partial charge in [0.1, 0.15) is 17.2 Å². The normalized spacial score (nSPS) is 14.7. The van der Waals surface area contributed by atoms with Crippen LogP contribution in [0, 0.1) is 11.6 Å². The van der Waals surface area contributed by atoms with Crippen molar-refractivity contribution in [3.63, 3.8) is 0 Å². The quantitative estimate of drug-likeness (QED) is 0.603. The van der Waals surface area contributed by atoms with Crippen molar-refractivity contribution < 1.29 is 22.8 Å². The lowest BCUT2D eigenvalue weighted by Crippen LogP contribution is -2.38. The molecule has 31 heavy (non-hydrogen) atoms. The summed E-state index contributed by atoms with van der Waals surface area (Å²) in [7, 11) is 0. The number of rotatable bonds is 6. The highest BCUT2D eigenvalue weighted by Gasteiger charge is 2.26. The third-order valence-electron chi connectivity index (χ3n) is 5.54. The average molecular weight is 427 g/mol. The molecular weight excluding hydrogens is 404 g/mol. The summed E-state index contributed by atoms with van der Waals surface area (Å²) in [5.41, 5.74) is 1.41. The van der Waals surface area contributed by atoms with Gasteiger partial charge in [-0.3, -0.25) is 9.59 Å². The van der Waals surface area contributed by atoms with E-state index in [4.69, 9.17) is 4.42 Å². The summed E-state index contributed by atoms with van der Waals surface area (Å²) in [5.74, 6) is -1.32. The molecule has 1 N–H and O–H groups in total. The zero-order valence-corrected chi connectivity index (χ0v) is 16.9. The van der Waals surface area contributed by atoms with Gasteiger partial charge in [0.25, 0.3) is 5.91 Å². The second kappa shape index (κ2) is 9.24. The van der Waals surface area contributed by atoms with Crippen LogP contribution in [0.5, 0.6) is 0 Å². The van der Waals surface area contributed by atoms with Crippen molar-refractivity contribution in [2.75, 3.05) is 19.6 Å². The summed E-state index contributed by atoms with van der Waals surface area (Å²) in [6.07, 6.45) is 2.32. The van der Waals surface area contributed by atoms with Gasteiger partial charge in [-0.2, -0.15) is 0 Å². The Morgan fingerprint density at radius 1 is 1.13 bits per heavy atom. The van der Waals surface area contributed by atoms with E-state index >= 15 is 0 Å². The summed E-state index contributed by atoms with van der Waals surface area (Å²) in [5, 5.41) is 2.57. The fourth-order valence-electron chi connectivity index (χ4n) is 3.81. The number of aromatic nitrogens is 1. The Labute approximate surface area is 178 Å². The van der Waals surface area contributed by atoms with Crippen LogP contribution in [0.25, 0.3) is 11.1 Å². The molecule has 1 aromatic heterocycles. The predicted molar refractivity (Wildman–Crippen MR) is 110 cm³/mol. The van der Waals surface area contributed by atoms with Gasteiger partial charge < -0.3 is 14.6 Å². The van der Waals surface area contributed by atoms with E-state index in [9.17, 15) is 18.4 Å². The van der Waals surface area contributed by atoms with E-state index in [0.717, 1.165) is 42.0 Å². The number of carbonyl (C=O) groups excluding carboxylic acids is 2. The van der Waals surface area contributed by atoms with Gasteiger partial charge >= 0.3 is 0 Å². The molecule has 0 unspecified atom stereocenters. The SMILES string of the molecule is O=C(NCCCC(=O)N1CCC(c2nc3ccccc3o2)CC1)c1ccc(F)cc1F. The minimum Gasteiger partial charge on any atom is -0.440 e. The summed E-state index contributed by atoms with van der Waals surface area (Å²) >= 11 is 0. The van der Waals surface area contributed by atoms with Gasteiger partial charge in [-0.05, 0) is 43.5 Å². The lowest BCUT2D eigenvalue weighted by atomic mass is 9.96. The van der Waals surface area contributed by atoms with E-state index in [1.54, 1.807) is 0 Å². The topological polar surface area (TPSA) is 75.4 Å². The highest BCUT2D eigenvalue weighted by atomic mass is 19.1. The molecule has 6 nitrogen and oxygen atoms in total. The minimum atomic E-state index is -0.907. The molecule has 162 valence electrons. The molecule has 0 saturated carbocycles. The Bertz CT molecular complexity index is 1060. The molecule has 2 amide bonds. The van der Waals surface area contributed by atoms with Crippen molar-refractivity contribution in [2.24, 2.45) is 0 Å². The molecule has 1 saturated heterocycles. The summed E-state index contributed by atoms with van der Waals surface area (Å²) in [6.45, 7) is 1.51. The molecule has 0 spiro atoms. The number of fused-ring (bicyclic) bond motifs is 1. The number of halogens is 2. The van der Waals surface area contributed by atoms with Gasteiger partial charge in [-0.1, -0.05) is 12.1 Å². The van der Waals surface area contributed by atoms with Crippen molar-refractivity contribution in [1.29, 1.82) is 0 Å². The summed E-state index contributed by atoms with van der Waals surface area (Å²) < 4.78 is 32.4. The Morgan fingerprint density at radius 2 is 1.90 bits per heavy atom. The van der Waals surface area contributed by atoms with Gasteiger partial charge in [0.05, 0.1) is 5.56 Å². The molecule has 0 atom stereocenters. The first-order valence-electron chi connectivity index (χ1n) is 10.4. The van der Waals surface area contributed by atoms with E-state index in [1.165, 1.54) is 0 Å². The van der Waals surface area contributed by atoms with Crippen molar-refractivity contribution in [3.05, 3.63) is 65.6 Å².